The maximum atomic E-state index is 14.5. The third kappa shape index (κ3) is 22.3. The first-order chi connectivity index (χ1) is 46.1. The molecule has 0 amide bonds. The zero-order chi connectivity index (χ0) is 69.6. The largest absolute Gasteiger partial charge is 0.456 e. The molecule has 26 heteroatoms. The lowest BCUT2D eigenvalue weighted by molar-refractivity contribution is -0.404. The molecule has 6 aliphatic heterocycles. The molecule has 7 rings (SSSR count). The van der Waals surface area contributed by atoms with Crippen molar-refractivity contribution < 1.29 is 126 Å². The van der Waals surface area contributed by atoms with Crippen LogP contribution in [0.1, 0.15) is 202 Å². The molecule has 0 radical (unpaired) electrons. The van der Waals surface area contributed by atoms with Crippen LogP contribution in [0.4, 0.5) is 0 Å². The Kier molecular flexibility index (Phi) is 33.1. The second-order valence-electron chi connectivity index (χ2n) is 26.8. The number of esters is 4. The lowest BCUT2D eigenvalue weighted by atomic mass is 9.95. The van der Waals surface area contributed by atoms with Crippen LogP contribution in [0.25, 0.3) is 6.08 Å². The van der Waals surface area contributed by atoms with Crippen molar-refractivity contribution in [3.05, 3.63) is 42.0 Å². The Morgan fingerprint density at radius 3 is 1.83 bits per heavy atom. The summed E-state index contributed by atoms with van der Waals surface area (Å²) >= 11 is 0. The van der Waals surface area contributed by atoms with Crippen molar-refractivity contribution in [2.24, 2.45) is 5.92 Å². The number of ether oxygens (including phenoxy) is 14. The van der Waals surface area contributed by atoms with Crippen molar-refractivity contribution in [2.45, 2.75) is 356 Å². The molecule has 0 aliphatic carbocycles. The van der Waals surface area contributed by atoms with Crippen molar-refractivity contribution in [3.8, 4) is 0 Å². The molecule has 26 nitrogen and oxygen atoms in total. The molecule has 27 atom stereocenters. The topological polar surface area (TPSA) is 359 Å². The van der Waals surface area contributed by atoms with Crippen LogP contribution in [-0.2, 0) is 85.5 Å². The van der Waals surface area contributed by atoms with Gasteiger partial charge in [0.25, 0.3) is 0 Å². The lowest BCUT2D eigenvalue weighted by Crippen LogP contribution is -2.68. The summed E-state index contributed by atoms with van der Waals surface area (Å²) in [6, 6.07) is 8.87. The highest BCUT2D eigenvalue weighted by Gasteiger charge is 2.59. The average molecular weight is 1370 g/mol. The third-order valence-electron chi connectivity index (χ3n) is 19.1. The van der Waals surface area contributed by atoms with E-state index in [9.17, 15) is 60.0 Å². The molecule has 0 aromatic heterocycles. The van der Waals surface area contributed by atoms with Gasteiger partial charge in [0.1, 0.15) is 73.2 Å². The zero-order valence-corrected chi connectivity index (χ0v) is 57.3. The first-order valence-electron chi connectivity index (χ1n) is 35.5. The van der Waals surface area contributed by atoms with Gasteiger partial charge in [-0.2, -0.15) is 0 Å². The SMILES string of the molecule is CCCCCCCCCC(=O)O[C@H]1[C@H](O[C@@H]2[C@H]3OC(=O)CCCCCCCCCC(CCCCC)O[C@H]4[C@H](O[C@H](O[C@H]2C)[C@@H]3O)O[C@H](CO)[C@@H](O)[C@@H]4O)O[C@@H](C)[C@H](O[C@@H]2O[C@@H](C)[C@H](OC(=O)[C@@H](C)CC)[C@@H](OC(=O)/C=C/c3ccccc3)[C@H]2O)[C@H]1O[C@@H]1O[C@@H](C)[C@H](O)[C@@H](O)[C@H]1O. The van der Waals surface area contributed by atoms with Crippen LogP contribution in [0.5, 0.6) is 0 Å². The van der Waals surface area contributed by atoms with E-state index in [1.807, 2.05) is 0 Å². The number of aliphatic hydroxyl groups is 8. The number of carbonyl (C=O) groups excluding carboxylic acids is 4. The molecule has 6 heterocycles. The van der Waals surface area contributed by atoms with Gasteiger partial charge >= 0.3 is 23.9 Å². The van der Waals surface area contributed by atoms with Gasteiger partial charge in [0.2, 0.25) is 0 Å². The van der Waals surface area contributed by atoms with Crippen LogP contribution in [0.2, 0.25) is 0 Å². The standard InChI is InChI=1S/C70H112O26/c1-9-12-14-15-17-21-29-35-48(73)91-64-63(95-66-54(79)52(77)50(75)40(5)83-66)59(93-67-55(80)60(57(41(6)84-67)92-65(82)39(4)11-3)90-49(74)37-36-44-30-25-23-26-31-44)43(8)86-70(64)94-58-42(7)85-68-56(81)61(58)89-47(72)34-28-22-19-16-18-20-27-33-45(32-24-13-10-2)87-62-53(78)51(76)46(38-71)88-69(62)96-68/h23,25-26,30-31,36-37,39-43,45-46,50-64,66-71,75-81H,9-22,24,27-29,32-35,38H2,1-8H3/b37-36+/t39-,40-,41-,42-,43-,45?,46+,50-,51+,52+,53-,54+,55+,56+,57-,58-,59-,60-,61-,62+,63+,64+,66-,67-,68-,69-,70-/m0/s1. The summed E-state index contributed by atoms with van der Waals surface area (Å²) in [6.45, 7) is 12.9. The van der Waals surface area contributed by atoms with Crippen molar-refractivity contribution in [1.29, 1.82) is 0 Å². The monoisotopic (exact) mass is 1370 g/mol. The van der Waals surface area contributed by atoms with Crippen molar-refractivity contribution in [1.82, 2.24) is 0 Å². The number of rotatable bonds is 26. The molecule has 6 saturated heterocycles. The molecule has 0 saturated carbocycles. The van der Waals surface area contributed by atoms with E-state index in [1.165, 1.54) is 33.8 Å². The highest BCUT2D eigenvalue weighted by molar-refractivity contribution is 5.87. The van der Waals surface area contributed by atoms with Gasteiger partial charge in [0, 0.05) is 18.9 Å². The van der Waals surface area contributed by atoms with Gasteiger partial charge in [-0.25, -0.2) is 4.79 Å². The number of hydrogen-bond donors (Lipinski definition) is 8. The predicted molar refractivity (Wildman–Crippen MR) is 342 cm³/mol. The Labute approximate surface area is 565 Å². The number of fused-ring (bicyclic) bond motifs is 3. The Balaban J connectivity index is 1.26. The van der Waals surface area contributed by atoms with Gasteiger partial charge in [-0.3, -0.25) is 14.4 Å². The highest BCUT2D eigenvalue weighted by atomic mass is 16.8. The highest BCUT2D eigenvalue weighted by Crippen LogP contribution is 2.40. The van der Waals surface area contributed by atoms with E-state index in [0.29, 0.717) is 50.5 Å². The van der Waals surface area contributed by atoms with Crippen LogP contribution in [0.3, 0.4) is 0 Å². The third-order valence-corrected chi connectivity index (χ3v) is 19.1. The van der Waals surface area contributed by atoms with Gasteiger partial charge < -0.3 is 107 Å². The maximum absolute atomic E-state index is 14.5. The molecule has 8 N–H and O–H groups in total. The number of benzene rings is 1. The van der Waals surface area contributed by atoms with Gasteiger partial charge in [-0.1, -0.05) is 154 Å². The Bertz CT molecular complexity index is 2480. The van der Waals surface area contributed by atoms with Gasteiger partial charge in [-0.15, -0.1) is 0 Å². The van der Waals surface area contributed by atoms with Gasteiger partial charge in [0.15, 0.2) is 55.9 Å². The summed E-state index contributed by atoms with van der Waals surface area (Å²) in [6.07, 6.45) is -22.2. The van der Waals surface area contributed by atoms with Crippen molar-refractivity contribution in [3.63, 3.8) is 0 Å². The lowest BCUT2D eigenvalue weighted by Gasteiger charge is -2.51. The van der Waals surface area contributed by atoms with Crippen molar-refractivity contribution >= 4 is 30.0 Å². The minimum atomic E-state index is -1.96. The predicted octanol–water partition coefficient (Wildman–Crippen LogP) is 5.79. The van der Waals surface area contributed by atoms with E-state index < -0.39 is 196 Å². The Hall–Kier alpha value is -3.88. The van der Waals surface area contributed by atoms with E-state index >= 15 is 0 Å². The van der Waals surface area contributed by atoms with E-state index in [4.69, 9.17) is 66.3 Å². The minimum absolute atomic E-state index is 0.0628. The van der Waals surface area contributed by atoms with Gasteiger partial charge in [-0.05, 0) is 71.4 Å². The normalized spacial score (nSPS) is 38.8. The maximum Gasteiger partial charge on any atom is 0.331 e. The van der Waals surface area contributed by atoms with E-state index in [0.717, 1.165) is 89.5 Å². The van der Waals surface area contributed by atoms with E-state index in [2.05, 4.69) is 13.8 Å². The number of carbonyl (C=O) groups is 4. The van der Waals surface area contributed by atoms with E-state index in [1.54, 1.807) is 44.2 Å². The molecule has 1 unspecified atom stereocenters. The zero-order valence-electron chi connectivity index (χ0n) is 57.3. The second kappa shape index (κ2) is 39.9. The minimum Gasteiger partial charge on any atom is -0.456 e. The Morgan fingerprint density at radius 1 is 0.531 bits per heavy atom. The number of unbranched alkanes of at least 4 members (excludes halogenated alkanes) is 8. The molecular weight excluding hydrogens is 1260 g/mol. The first-order valence-corrected chi connectivity index (χ1v) is 35.5. The molecule has 6 aliphatic rings. The number of aliphatic hydroxyl groups excluding tert-OH is 8. The summed E-state index contributed by atoms with van der Waals surface area (Å²) < 4.78 is 89.4. The van der Waals surface area contributed by atoms with Crippen LogP contribution in [0.15, 0.2) is 36.4 Å². The van der Waals surface area contributed by atoms with Crippen LogP contribution < -0.4 is 0 Å². The molecule has 548 valence electrons. The van der Waals surface area contributed by atoms with Crippen LogP contribution in [0, 0.1) is 5.92 Å². The fraction of sp³-hybridized carbons (Fsp3) is 0.829. The molecular formula is C70H112O26. The smallest absolute Gasteiger partial charge is 0.331 e. The summed E-state index contributed by atoms with van der Waals surface area (Å²) in [4.78, 5) is 55.9. The second-order valence-corrected chi connectivity index (χ2v) is 26.8. The van der Waals surface area contributed by atoms with Crippen molar-refractivity contribution in [2.75, 3.05) is 6.61 Å². The van der Waals surface area contributed by atoms with Gasteiger partial charge in [0.05, 0.1) is 43.0 Å². The average Bonchev–Trinajstić information content (AvgIpc) is 0.772. The van der Waals surface area contributed by atoms with Crippen LogP contribution >= 0.6 is 0 Å². The molecule has 1 aromatic rings. The van der Waals surface area contributed by atoms with E-state index in [-0.39, 0.29) is 12.8 Å². The summed E-state index contributed by atoms with van der Waals surface area (Å²) in [5.74, 6) is -3.68. The first kappa shape index (κ1) is 79.4. The summed E-state index contributed by atoms with van der Waals surface area (Å²) in [5.41, 5.74) is 0.659. The molecule has 0 spiro atoms. The summed E-state index contributed by atoms with van der Waals surface area (Å²) in [5, 5.41) is 92.0. The summed E-state index contributed by atoms with van der Waals surface area (Å²) in [7, 11) is 0. The fourth-order valence-corrected chi connectivity index (χ4v) is 13.0. The quantitative estimate of drug-likeness (QED) is 0.0235. The Morgan fingerprint density at radius 2 is 1.14 bits per heavy atom. The number of hydrogen-bond acceptors (Lipinski definition) is 26. The fourth-order valence-electron chi connectivity index (χ4n) is 13.0. The molecule has 1 aromatic carbocycles. The molecule has 2 bridgehead atoms. The molecule has 6 fully saturated rings. The van der Waals surface area contributed by atoms with Crippen LogP contribution in [-0.4, -0.2) is 231 Å². The molecule has 96 heavy (non-hydrogen) atoms.